The Bertz CT molecular complexity index is 339. The van der Waals surface area contributed by atoms with Gasteiger partial charge >= 0.3 is 0 Å². The number of piperazine rings is 1. The summed E-state index contributed by atoms with van der Waals surface area (Å²) in [6.07, 6.45) is 0. The zero-order chi connectivity index (χ0) is 15.8. The molecule has 0 saturated carbocycles. The molecule has 0 aromatic rings. The first kappa shape index (κ1) is 17.9. The predicted molar refractivity (Wildman–Crippen MR) is 80.8 cm³/mol. The molecule has 0 spiro atoms. The maximum absolute atomic E-state index is 12.2. The molecule has 1 heterocycles. The van der Waals surface area contributed by atoms with Crippen molar-refractivity contribution in [3.05, 3.63) is 0 Å². The maximum atomic E-state index is 12.2. The van der Waals surface area contributed by atoms with E-state index in [1.54, 1.807) is 4.90 Å². The number of nitrogens with zero attached hydrogens (tertiary/aromatic N) is 3. The number of likely N-dealkylation sites (N-methyl/N-ethyl adjacent to an activating group) is 1. The van der Waals surface area contributed by atoms with E-state index >= 15 is 0 Å². The number of rotatable bonds is 7. The minimum absolute atomic E-state index is 0.104. The fourth-order valence-electron chi connectivity index (χ4n) is 2.40. The van der Waals surface area contributed by atoms with Crippen LogP contribution in [-0.2, 0) is 14.3 Å². The first-order valence-corrected chi connectivity index (χ1v) is 7.56. The molecule has 1 fully saturated rings. The second-order valence-electron chi connectivity index (χ2n) is 5.23. The summed E-state index contributed by atoms with van der Waals surface area (Å²) < 4.78 is 4.90. The van der Waals surface area contributed by atoms with Crippen molar-refractivity contribution >= 4 is 11.8 Å². The average molecular weight is 300 g/mol. The molecule has 1 atom stereocenters. The minimum Gasteiger partial charge on any atom is -0.383 e. The summed E-state index contributed by atoms with van der Waals surface area (Å²) in [4.78, 5) is 29.8. The first-order chi connectivity index (χ1) is 10.0. The van der Waals surface area contributed by atoms with E-state index in [1.165, 1.54) is 7.11 Å². The van der Waals surface area contributed by atoms with Crippen LogP contribution in [0.25, 0.3) is 0 Å². The van der Waals surface area contributed by atoms with E-state index < -0.39 is 6.04 Å². The highest BCUT2D eigenvalue weighted by molar-refractivity contribution is 5.82. The van der Waals surface area contributed by atoms with Crippen molar-refractivity contribution in [2.75, 3.05) is 59.5 Å². The summed E-state index contributed by atoms with van der Waals surface area (Å²) in [5, 5.41) is 0. The molecule has 0 radical (unpaired) electrons. The van der Waals surface area contributed by atoms with Gasteiger partial charge in [-0.1, -0.05) is 13.8 Å². The zero-order valence-electron chi connectivity index (χ0n) is 13.4. The van der Waals surface area contributed by atoms with Crippen molar-refractivity contribution in [3.8, 4) is 0 Å². The number of methoxy groups -OCH3 is 1. The Morgan fingerprint density at radius 3 is 2.14 bits per heavy atom. The van der Waals surface area contributed by atoms with Gasteiger partial charge in [-0.25, -0.2) is 0 Å². The van der Waals surface area contributed by atoms with Crippen LogP contribution in [0, 0.1) is 0 Å². The van der Waals surface area contributed by atoms with Crippen LogP contribution in [0.15, 0.2) is 0 Å². The van der Waals surface area contributed by atoms with Crippen LogP contribution in [-0.4, -0.2) is 92.1 Å². The molecule has 7 nitrogen and oxygen atoms in total. The third kappa shape index (κ3) is 5.26. The van der Waals surface area contributed by atoms with Gasteiger partial charge in [0.05, 0.1) is 13.2 Å². The largest absolute Gasteiger partial charge is 0.383 e. The van der Waals surface area contributed by atoms with Gasteiger partial charge in [-0.05, 0) is 13.1 Å². The Balaban J connectivity index is 2.41. The average Bonchev–Trinajstić information content (AvgIpc) is 2.52. The lowest BCUT2D eigenvalue weighted by atomic mass is 10.2. The summed E-state index contributed by atoms with van der Waals surface area (Å²) in [6.45, 7) is 8.73. The summed E-state index contributed by atoms with van der Waals surface area (Å²) in [6, 6.07) is -0.618. The van der Waals surface area contributed by atoms with Crippen molar-refractivity contribution in [2.45, 2.75) is 19.9 Å². The van der Waals surface area contributed by atoms with Crippen molar-refractivity contribution in [1.29, 1.82) is 0 Å². The maximum Gasteiger partial charge on any atom is 0.241 e. The first-order valence-electron chi connectivity index (χ1n) is 7.56. The van der Waals surface area contributed by atoms with E-state index in [9.17, 15) is 9.59 Å². The van der Waals surface area contributed by atoms with E-state index in [0.29, 0.717) is 32.7 Å². The molecule has 0 aliphatic carbocycles. The molecule has 7 heteroatoms. The summed E-state index contributed by atoms with van der Waals surface area (Å²) in [7, 11) is 1.52. The molecule has 1 rings (SSSR count). The molecule has 2 amide bonds. The van der Waals surface area contributed by atoms with Gasteiger partial charge in [-0.15, -0.1) is 0 Å². The fraction of sp³-hybridized carbons (Fsp3) is 0.857. The minimum atomic E-state index is -0.618. The molecule has 122 valence electrons. The van der Waals surface area contributed by atoms with Crippen LogP contribution in [0.1, 0.15) is 13.8 Å². The molecule has 21 heavy (non-hydrogen) atoms. The fourth-order valence-corrected chi connectivity index (χ4v) is 2.40. The quantitative estimate of drug-likeness (QED) is 0.650. The van der Waals surface area contributed by atoms with Gasteiger partial charge in [0.25, 0.3) is 0 Å². The van der Waals surface area contributed by atoms with E-state index in [-0.39, 0.29) is 18.4 Å². The van der Waals surface area contributed by atoms with Gasteiger partial charge in [0.1, 0.15) is 6.04 Å². The number of carbonyl (C=O) groups excluding carboxylic acids is 2. The molecule has 1 aliphatic rings. The molecular weight excluding hydrogens is 272 g/mol. The SMILES string of the molecule is CCN(CC)CC(=O)N1CCN(C(=O)C(N)COC)CC1. The molecule has 1 aliphatic heterocycles. The van der Waals surface area contributed by atoms with Crippen molar-refractivity contribution in [1.82, 2.24) is 14.7 Å². The number of hydrogen-bond donors (Lipinski definition) is 1. The van der Waals surface area contributed by atoms with Crippen LogP contribution < -0.4 is 5.73 Å². The summed E-state index contributed by atoms with van der Waals surface area (Å²) in [5.41, 5.74) is 5.75. The second-order valence-corrected chi connectivity index (χ2v) is 5.23. The lowest BCUT2D eigenvalue weighted by molar-refractivity contribution is -0.141. The topological polar surface area (TPSA) is 79.1 Å². The summed E-state index contributed by atoms with van der Waals surface area (Å²) >= 11 is 0. The van der Waals surface area contributed by atoms with E-state index in [0.717, 1.165) is 13.1 Å². The molecule has 0 aromatic carbocycles. The second kappa shape index (κ2) is 8.96. The van der Waals surface area contributed by atoms with Gasteiger partial charge < -0.3 is 20.3 Å². The van der Waals surface area contributed by atoms with Gasteiger partial charge in [0, 0.05) is 33.3 Å². The van der Waals surface area contributed by atoms with Crippen LogP contribution in [0.3, 0.4) is 0 Å². The van der Waals surface area contributed by atoms with Crippen molar-refractivity contribution in [3.63, 3.8) is 0 Å². The van der Waals surface area contributed by atoms with Crippen molar-refractivity contribution < 1.29 is 14.3 Å². The highest BCUT2D eigenvalue weighted by Crippen LogP contribution is 2.05. The molecule has 0 aromatic heterocycles. The number of ether oxygens (including phenoxy) is 1. The normalized spacial score (nSPS) is 17.2. The Hall–Kier alpha value is -1.18. The highest BCUT2D eigenvalue weighted by Gasteiger charge is 2.27. The Labute approximate surface area is 127 Å². The third-order valence-electron chi connectivity index (χ3n) is 3.86. The molecule has 1 saturated heterocycles. The Kier molecular flexibility index (Phi) is 7.63. The van der Waals surface area contributed by atoms with Crippen LogP contribution in [0.5, 0.6) is 0 Å². The predicted octanol–water partition coefficient (Wildman–Crippen LogP) is -1.03. The molecule has 0 bridgehead atoms. The number of hydrogen-bond acceptors (Lipinski definition) is 5. The van der Waals surface area contributed by atoms with Gasteiger partial charge in [0.15, 0.2) is 0 Å². The molecule has 2 N–H and O–H groups in total. The highest BCUT2D eigenvalue weighted by atomic mass is 16.5. The van der Waals surface area contributed by atoms with Crippen LogP contribution >= 0.6 is 0 Å². The van der Waals surface area contributed by atoms with Crippen molar-refractivity contribution in [2.24, 2.45) is 5.73 Å². The van der Waals surface area contributed by atoms with Crippen LogP contribution in [0.2, 0.25) is 0 Å². The lowest BCUT2D eigenvalue weighted by Crippen LogP contribution is -2.56. The third-order valence-corrected chi connectivity index (χ3v) is 3.86. The van der Waals surface area contributed by atoms with Gasteiger partial charge in [-0.3, -0.25) is 14.5 Å². The number of amides is 2. The van der Waals surface area contributed by atoms with Gasteiger partial charge in [-0.2, -0.15) is 0 Å². The zero-order valence-corrected chi connectivity index (χ0v) is 13.4. The Morgan fingerprint density at radius 1 is 1.14 bits per heavy atom. The van der Waals surface area contributed by atoms with E-state index in [4.69, 9.17) is 10.5 Å². The van der Waals surface area contributed by atoms with E-state index in [2.05, 4.69) is 4.90 Å². The monoisotopic (exact) mass is 300 g/mol. The molecular formula is C14H28N4O3. The van der Waals surface area contributed by atoms with Crippen LogP contribution in [0.4, 0.5) is 0 Å². The number of nitrogens with two attached hydrogens (primary N) is 1. The summed E-state index contributed by atoms with van der Waals surface area (Å²) in [5.74, 6) is 0.0275. The standard InChI is InChI=1S/C14H28N4O3/c1-4-16(5-2)10-13(19)17-6-8-18(9-7-17)14(20)12(15)11-21-3/h12H,4-11,15H2,1-3H3. The lowest BCUT2D eigenvalue weighted by Gasteiger charge is -2.36. The van der Waals surface area contributed by atoms with E-state index in [1.807, 2.05) is 18.7 Å². The Morgan fingerprint density at radius 2 is 1.67 bits per heavy atom. The smallest absolute Gasteiger partial charge is 0.241 e. The number of carbonyl (C=O) groups is 2. The van der Waals surface area contributed by atoms with Gasteiger partial charge in [0.2, 0.25) is 11.8 Å². The molecule has 1 unspecified atom stereocenters.